The number of hydrogen-bond donors (Lipinski definition) is 0. The molecule has 0 saturated carbocycles. The van der Waals surface area contributed by atoms with Crippen LogP contribution in [0.3, 0.4) is 0 Å². The molecule has 0 heterocycles. The topological polar surface area (TPSA) is 0 Å². The first-order valence-corrected chi connectivity index (χ1v) is 5.60. The number of benzene rings is 1. The van der Waals surface area contributed by atoms with Crippen molar-refractivity contribution in [2.75, 3.05) is 0 Å². The monoisotopic (exact) mass is 234 g/mol. The fraction of sp³-hybridized carbons (Fsp3) is 0.400. The number of rotatable bonds is 1. The lowest BCUT2D eigenvalue weighted by Crippen LogP contribution is -2.06. The molecule has 0 radical (unpaired) electrons. The van der Waals surface area contributed by atoms with Crippen LogP contribution in [0.15, 0.2) is 23.1 Å². The molecule has 13 heavy (non-hydrogen) atoms. The highest BCUT2D eigenvalue weighted by molar-refractivity contribution is 8.00. The van der Waals surface area contributed by atoms with Crippen molar-refractivity contribution in [1.82, 2.24) is 0 Å². The summed E-state index contributed by atoms with van der Waals surface area (Å²) in [7, 11) is 0. The van der Waals surface area contributed by atoms with Crippen molar-refractivity contribution in [2.24, 2.45) is 0 Å². The van der Waals surface area contributed by atoms with E-state index in [9.17, 15) is 0 Å². The molecule has 0 spiro atoms. The van der Waals surface area contributed by atoms with Gasteiger partial charge in [0.2, 0.25) is 0 Å². The van der Waals surface area contributed by atoms with Crippen LogP contribution in [-0.2, 0) is 0 Å². The fourth-order valence-electron chi connectivity index (χ4n) is 0.886. The minimum Gasteiger partial charge on any atom is -0.117 e. The molecule has 72 valence electrons. The fourth-order valence-corrected chi connectivity index (χ4v) is 2.46. The predicted molar refractivity (Wildman–Crippen MR) is 62.1 cm³/mol. The Bertz CT molecular complexity index is 282. The minimum absolute atomic E-state index is 0.134. The summed E-state index contributed by atoms with van der Waals surface area (Å²) in [6, 6.07) is 5.58. The third kappa shape index (κ3) is 3.41. The molecular formula is C10H12Cl2S. The first-order valence-electron chi connectivity index (χ1n) is 4.03. The van der Waals surface area contributed by atoms with E-state index in [1.807, 2.05) is 18.2 Å². The SMILES string of the molecule is CC(C)(C)Sc1c(Cl)cccc1Cl. The summed E-state index contributed by atoms with van der Waals surface area (Å²) >= 11 is 13.8. The minimum atomic E-state index is 0.134. The maximum Gasteiger partial charge on any atom is 0.0557 e. The van der Waals surface area contributed by atoms with Gasteiger partial charge in [0.05, 0.1) is 10.0 Å². The summed E-state index contributed by atoms with van der Waals surface area (Å²) in [5.41, 5.74) is 0. The van der Waals surface area contributed by atoms with Crippen LogP contribution in [0.4, 0.5) is 0 Å². The van der Waals surface area contributed by atoms with E-state index in [1.54, 1.807) is 11.8 Å². The van der Waals surface area contributed by atoms with Gasteiger partial charge >= 0.3 is 0 Å². The van der Waals surface area contributed by atoms with Crippen molar-refractivity contribution in [3.05, 3.63) is 28.2 Å². The van der Waals surface area contributed by atoms with Crippen molar-refractivity contribution < 1.29 is 0 Å². The first kappa shape index (κ1) is 11.2. The second-order valence-electron chi connectivity index (χ2n) is 3.77. The highest BCUT2D eigenvalue weighted by Crippen LogP contribution is 2.40. The molecule has 0 aliphatic heterocycles. The van der Waals surface area contributed by atoms with Crippen LogP contribution in [0.1, 0.15) is 20.8 Å². The molecular weight excluding hydrogens is 223 g/mol. The summed E-state index contributed by atoms with van der Waals surface area (Å²) in [6.45, 7) is 6.41. The van der Waals surface area contributed by atoms with Gasteiger partial charge in [-0.05, 0) is 12.1 Å². The van der Waals surface area contributed by atoms with E-state index >= 15 is 0 Å². The molecule has 0 nitrogen and oxygen atoms in total. The highest BCUT2D eigenvalue weighted by Gasteiger charge is 2.16. The van der Waals surface area contributed by atoms with Gasteiger partial charge in [-0.15, -0.1) is 11.8 Å². The Morgan fingerprint density at radius 3 is 1.92 bits per heavy atom. The second kappa shape index (κ2) is 4.12. The van der Waals surface area contributed by atoms with Crippen LogP contribution in [-0.4, -0.2) is 4.75 Å². The van der Waals surface area contributed by atoms with Gasteiger partial charge in [-0.1, -0.05) is 50.0 Å². The molecule has 0 aliphatic carbocycles. The molecule has 0 bridgehead atoms. The van der Waals surface area contributed by atoms with Crippen molar-refractivity contribution in [3.8, 4) is 0 Å². The Balaban J connectivity index is 3.00. The summed E-state index contributed by atoms with van der Waals surface area (Å²) in [5.74, 6) is 0. The third-order valence-corrected chi connectivity index (χ3v) is 3.44. The molecule has 0 saturated heterocycles. The molecule has 0 atom stereocenters. The van der Waals surface area contributed by atoms with E-state index in [1.165, 1.54) is 0 Å². The van der Waals surface area contributed by atoms with Crippen LogP contribution >= 0.6 is 35.0 Å². The molecule has 0 unspecified atom stereocenters. The van der Waals surface area contributed by atoms with Gasteiger partial charge in [0.1, 0.15) is 0 Å². The van der Waals surface area contributed by atoms with Crippen LogP contribution in [0.5, 0.6) is 0 Å². The van der Waals surface area contributed by atoms with Crippen LogP contribution in [0, 0.1) is 0 Å². The maximum atomic E-state index is 6.03. The van der Waals surface area contributed by atoms with Gasteiger partial charge < -0.3 is 0 Å². The second-order valence-corrected chi connectivity index (χ2v) is 6.42. The van der Waals surface area contributed by atoms with E-state index in [0.717, 1.165) is 14.9 Å². The largest absolute Gasteiger partial charge is 0.117 e. The summed E-state index contributed by atoms with van der Waals surface area (Å²) in [4.78, 5) is 0.971. The third-order valence-electron chi connectivity index (χ3n) is 1.33. The average molecular weight is 235 g/mol. The molecule has 1 aromatic carbocycles. The molecule has 3 heteroatoms. The lowest BCUT2D eigenvalue weighted by atomic mass is 10.3. The average Bonchev–Trinajstić information content (AvgIpc) is 1.95. The van der Waals surface area contributed by atoms with Crippen LogP contribution in [0.2, 0.25) is 10.0 Å². The van der Waals surface area contributed by atoms with E-state index in [4.69, 9.17) is 23.2 Å². The summed E-state index contributed by atoms with van der Waals surface area (Å²) in [6.07, 6.45) is 0. The first-order chi connectivity index (χ1) is 5.90. The number of thioether (sulfide) groups is 1. The van der Waals surface area contributed by atoms with E-state index in [0.29, 0.717) is 0 Å². The zero-order chi connectivity index (χ0) is 10.1. The Kier molecular flexibility index (Phi) is 3.56. The van der Waals surface area contributed by atoms with E-state index < -0.39 is 0 Å². The summed E-state index contributed by atoms with van der Waals surface area (Å²) in [5, 5.41) is 1.46. The zero-order valence-electron chi connectivity index (χ0n) is 7.90. The van der Waals surface area contributed by atoms with Gasteiger partial charge in [0.15, 0.2) is 0 Å². The molecule has 0 aliphatic rings. The Morgan fingerprint density at radius 1 is 1.08 bits per heavy atom. The number of halogens is 2. The van der Waals surface area contributed by atoms with Crippen LogP contribution < -0.4 is 0 Å². The highest BCUT2D eigenvalue weighted by atomic mass is 35.5. The quantitative estimate of drug-likeness (QED) is 0.625. The number of hydrogen-bond acceptors (Lipinski definition) is 1. The van der Waals surface area contributed by atoms with Gasteiger partial charge in [-0.25, -0.2) is 0 Å². The maximum absolute atomic E-state index is 6.03. The Labute approximate surface area is 93.6 Å². The summed E-state index contributed by atoms with van der Waals surface area (Å²) < 4.78 is 0.134. The zero-order valence-corrected chi connectivity index (χ0v) is 10.2. The smallest absolute Gasteiger partial charge is 0.0557 e. The molecule has 1 aromatic rings. The normalized spacial score (nSPS) is 11.8. The standard InChI is InChI=1S/C10H12Cl2S/c1-10(2,3)13-9-7(11)5-4-6-8(9)12/h4-6H,1-3H3. The van der Waals surface area contributed by atoms with Gasteiger partial charge in [0, 0.05) is 9.64 Å². The molecule has 0 aromatic heterocycles. The van der Waals surface area contributed by atoms with Crippen molar-refractivity contribution in [1.29, 1.82) is 0 Å². The Morgan fingerprint density at radius 2 is 1.54 bits per heavy atom. The lowest BCUT2D eigenvalue weighted by Gasteiger charge is -2.19. The van der Waals surface area contributed by atoms with Gasteiger partial charge in [0.25, 0.3) is 0 Å². The molecule has 0 fully saturated rings. The molecule has 0 amide bonds. The molecule has 1 rings (SSSR count). The predicted octanol–water partition coefficient (Wildman–Crippen LogP) is 4.88. The van der Waals surface area contributed by atoms with Crippen molar-refractivity contribution >= 4 is 35.0 Å². The lowest BCUT2D eigenvalue weighted by molar-refractivity contribution is 0.803. The Hall–Kier alpha value is 0.150. The van der Waals surface area contributed by atoms with Gasteiger partial charge in [-0.2, -0.15) is 0 Å². The van der Waals surface area contributed by atoms with Crippen molar-refractivity contribution in [2.45, 2.75) is 30.4 Å². The van der Waals surface area contributed by atoms with Crippen LogP contribution in [0.25, 0.3) is 0 Å². The van der Waals surface area contributed by atoms with E-state index in [2.05, 4.69) is 20.8 Å². The van der Waals surface area contributed by atoms with Gasteiger partial charge in [-0.3, -0.25) is 0 Å². The molecule has 0 N–H and O–H groups in total. The van der Waals surface area contributed by atoms with E-state index in [-0.39, 0.29) is 4.75 Å². The van der Waals surface area contributed by atoms with Crippen molar-refractivity contribution in [3.63, 3.8) is 0 Å².